The minimum Gasteiger partial charge on any atom is -0.396 e. The van der Waals surface area contributed by atoms with E-state index in [2.05, 4.69) is 34.3 Å². The maximum Gasteiger partial charge on any atom is 0.255 e. The summed E-state index contributed by atoms with van der Waals surface area (Å²) in [7, 11) is 0. The Hall–Kier alpha value is -2.14. The van der Waals surface area contributed by atoms with Crippen molar-refractivity contribution in [3.63, 3.8) is 0 Å². The Labute approximate surface area is 136 Å². The first-order chi connectivity index (χ1) is 10.9. The normalized spacial score (nSPS) is 10.8. The van der Waals surface area contributed by atoms with Crippen LogP contribution in [0.1, 0.15) is 40.8 Å². The van der Waals surface area contributed by atoms with E-state index in [0.29, 0.717) is 24.4 Å². The predicted molar refractivity (Wildman–Crippen MR) is 93.6 cm³/mol. The highest BCUT2D eigenvalue weighted by Crippen LogP contribution is 2.24. The third kappa shape index (κ3) is 4.20. The first-order valence-corrected chi connectivity index (χ1v) is 7.98. The molecule has 3 N–H and O–H groups in total. The number of benzene rings is 1. The predicted octanol–water partition coefficient (Wildman–Crippen LogP) is 3.06. The van der Waals surface area contributed by atoms with Crippen LogP contribution in [0.4, 0.5) is 11.6 Å². The number of aliphatic hydroxyl groups excluding tert-OH is 1. The minimum atomic E-state index is -0.111. The van der Waals surface area contributed by atoms with Gasteiger partial charge in [-0.3, -0.25) is 9.78 Å². The van der Waals surface area contributed by atoms with Crippen LogP contribution in [-0.4, -0.2) is 21.7 Å². The molecule has 1 aromatic carbocycles. The molecule has 0 spiro atoms. The average molecular weight is 315 g/mol. The summed E-state index contributed by atoms with van der Waals surface area (Å²) in [4.78, 5) is 19.6. The van der Waals surface area contributed by atoms with E-state index in [0.717, 1.165) is 28.9 Å². The van der Waals surface area contributed by atoms with Crippen LogP contribution >= 0.6 is 0 Å². The summed E-state index contributed by atoms with van der Waals surface area (Å²) in [5.74, 6) is 0.466. The molecule has 0 aliphatic rings. The first-order valence-electron chi connectivity index (χ1n) is 7.98. The highest BCUT2D eigenvalue weighted by atomic mass is 16.2. The fraction of sp³-hybridized carbons (Fsp3) is 0.444. The summed E-state index contributed by atoms with van der Waals surface area (Å²) in [6.45, 7) is 8.14. The lowest BCUT2D eigenvalue weighted by Crippen LogP contribution is -2.18. The Morgan fingerprint density at radius 2 is 1.78 bits per heavy atom. The van der Waals surface area contributed by atoms with Crippen molar-refractivity contribution < 1.29 is 5.11 Å². The number of aromatic nitrogens is 2. The zero-order valence-electron chi connectivity index (χ0n) is 14.3. The van der Waals surface area contributed by atoms with Crippen LogP contribution in [-0.2, 0) is 6.42 Å². The third-order valence-electron chi connectivity index (χ3n) is 3.98. The number of H-pyrrole nitrogens is 1. The second-order valence-electron chi connectivity index (χ2n) is 6.06. The Bertz CT molecular complexity index is 727. The molecule has 0 atom stereocenters. The van der Waals surface area contributed by atoms with Crippen LogP contribution in [0.2, 0.25) is 0 Å². The van der Waals surface area contributed by atoms with Gasteiger partial charge in [-0.25, -0.2) is 4.98 Å². The minimum absolute atomic E-state index is 0.111. The van der Waals surface area contributed by atoms with E-state index in [1.807, 2.05) is 20.8 Å². The van der Waals surface area contributed by atoms with Crippen LogP contribution in [0.5, 0.6) is 0 Å². The molecule has 1 aromatic heterocycles. The number of aliphatic hydroxyl groups is 1. The number of aromatic amines is 1. The Balaban J connectivity index is 2.27. The lowest BCUT2D eigenvalue weighted by atomic mass is 10.1. The van der Waals surface area contributed by atoms with Crippen LogP contribution in [0.25, 0.3) is 0 Å². The number of aryl methyl sites for hydroxylation is 4. The van der Waals surface area contributed by atoms with Crippen LogP contribution in [0.3, 0.4) is 0 Å². The van der Waals surface area contributed by atoms with E-state index >= 15 is 0 Å². The molecule has 2 rings (SSSR count). The maximum absolute atomic E-state index is 12.3. The summed E-state index contributed by atoms with van der Waals surface area (Å²) < 4.78 is 0. The van der Waals surface area contributed by atoms with Crippen molar-refractivity contribution in [1.82, 2.24) is 9.97 Å². The van der Waals surface area contributed by atoms with Crippen molar-refractivity contribution in [3.05, 3.63) is 50.4 Å². The van der Waals surface area contributed by atoms with E-state index in [1.165, 1.54) is 5.56 Å². The van der Waals surface area contributed by atoms with Gasteiger partial charge in [0.2, 0.25) is 5.95 Å². The SMILES string of the molecule is Cc1cc(C)c(Nc2nc(C)c(CCCCO)c(=O)[nH]2)c(C)c1. The van der Waals surface area contributed by atoms with Crippen molar-refractivity contribution in [3.8, 4) is 0 Å². The second kappa shape index (κ2) is 7.42. The van der Waals surface area contributed by atoms with Gasteiger partial charge in [-0.2, -0.15) is 0 Å². The Morgan fingerprint density at radius 1 is 1.13 bits per heavy atom. The van der Waals surface area contributed by atoms with Crippen molar-refractivity contribution in [1.29, 1.82) is 0 Å². The summed E-state index contributed by atoms with van der Waals surface area (Å²) >= 11 is 0. The Kier molecular flexibility index (Phi) is 5.55. The van der Waals surface area contributed by atoms with Crippen molar-refractivity contribution in [2.24, 2.45) is 0 Å². The highest BCUT2D eigenvalue weighted by molar-refractivity contribution is 5.63. The number of nitrogens with one attached hydrogen (secondary N) is 2. The van der Waals surface area contributed by atoms with Gasteiger partial charge in [-0.1, -0.05) is 17.7 Å². The molecule has 5 nitrogen and oxygen atoms in total. The molecule has 0 aliphatic heterocycles. The summed E-state index contributed by atoms with van der Waals surface area (Å²) in [6.07, 6.45) is 2.11. The summed E-state index contributed by atoms with van der Waals surface area (Å²) in [5, 5.41) is 12.1. The van der Waals surface area contributed by atoms with Crippen LogP contribution in [0.15, 0.2) is 16.9 Å². The number of unbranched alkanes of at least 4 members (excludes halogenated alkanes) is 1. The van der Waals surface area contributed by atoms with Gasteiger partial charge < -0.3 is 10.4 Å². The molecular weight excluding hydrogens is 290 g/mol. The number of rotatable bonds is 6. The van der Waals surface area contributed by atoms with Crippen molar-refractivity contribution in [2.75, 3.05) is 11.9 Å². The van der Waals surface area contributed by atoms with E-state index < -0.39 is 0 Å². The van der Waals surface area contributed by atoms with Gasteiger partial charge in [0.05, 0.1) is 0 Å². The quantitative estimate of drug-likeness (QED) is 0.716. The molecule has 0 radical (unpaired) electrons. The molecule has 0 saturated carbocycles. The monoisotopic (exact) mass is 315 g/mol. The summed E-state index contributed by atoms with van der Waals surface area (Å²) in [6, 6.07) is 4.20. The molecule has 0 unspecified atom stereocenters. The van der Waals surface area contributed by atoms with E-state index in [9.17, 15) is 4.79 Å². The van der Waals surface area contributed by atoms with Crippen LogP contribution < -0.4 is 10.9 Å². The second-order valence-corrected chi connectivity index (χ2v) is 6.06. The van der Waals surface area contributed by atoms with Gasteiger partial charge >= 0.3 is 0 Å². The van der Waals surface area contributed by atoms with Gasteiger partial charge in [0.25, 0.3) is 5.56 Å². The lowest BCUT2D eigenvalue weighted by Gasteiger charge is -2.14. The molecule has 0 bridgehead atoms. The smallest absolute Gasteiger partial charge is 0.255 e. The number of nitrogens with zero attached hydrogens (tertiary/aromatic N) is 1. The standard InChI is InChI=1S/C18H25N3O2/c1-11-9-12(2)16(13(3)10-11)20-18-19-14(4)15(17(23)21-18)7-5-6-8-22/h9-10,22H,5-8H2,1-4H3,(H2,19,20,21,23). The van der Waals surface area contributed by atoms with Gasteiger partial charge in [0.15, 0.2) is 0 Å². The number of hydrogen-bond acceptors (Lipinski definition) is 4. The molecular formula is C18H25N3O2. The van der Waals surface area contributed by atoms with E-state index in [-0.39, 0.29) is 12.2 Å². The molecule has 1 heterocycles. The molecule has 23 heavy (non-hydrogen) atoms. The number of anilines is 2. The molecule has 5 heteroatoms. The summed E-state index contributed by atoms with van der Waals surface area (Å²) in [5.41, 5.74) is 5.75. The third-order valence-corrected chi connectivity index (χ3v) is 3.98. The molecule has 0 amide bonds. The molecule has 0 fully saturated rings. The highest BCUT2D eigenvalue weighted by Gasteiger charge is 2.10. The van der Waals surface area contributed by atoms with Crippen molar-refractivity contribution >= 4 is 11.6 Å². The largest absolute Gasteiger partial charge is 0.396 e. The maximum atomic E-state index is 12.3. The molecule has 2 aromatic rings. The molecule has 0 saturated heterocycles. The van der Waals surface area contributed by atoms with Crippen molar-refractivity contribution in [2.45, 2.75) is 47.0 Å². The Morgan fingerprint density at radius 3 is 2.35 bits per heavy atom. The number of hydrogen-bond donors (Lipinski definition) is 3. The zero-order valence-corrected chi connectivity index (χ0v) is 14.3. The molecule has 0 aliphatic carbocycles. The van der Waals surface area contributed by atoms with Gasteiger partial charge in [0, 0.05) is 23.6 Å². The zero-order chi connectivity index (χ0) is 17.0. The molecule has 124 valence electrons. The lowest BCUT2D eigenvalue weighted by molar-refractivity contribution is 0.284. The van der Waals surface area contributed by atoms with E-state index in [1.54, 1.807) is 0 Å². The topological polar surface area (TPSA) is 78.0 Å². The van der Waals surface area contributed by atoms with Gasteiger partial charge in [0.1, 0.15) is 0 Å². The van der Waals surface area contributed by atoms with Gasteiger partial charge in [-0.05, 0) is 58.1 Å². The average Bonchev–Trinajstić information content (AvgIpc) is 2.46. The van der Waals surface area contributed by atoms with Gasteiger partial charge in [-0.15, -0.1) is 0 Å². The van der Waals surface area contributed by atoms with Crippen LogP contribution in [0, 0.1) is 27.7 Å². The first kappa shape index (κ1) is 17.2. The fourth-order valence-corrected chi connectivity index (χ4v) is 2.87. The fourth-order valence-electron chi connectivity index (χ4n) is 2.87. The van der Waals surface area contributed by atoms with E-state index in [4.69, 9.17) is 5.11 Å².